The number of halogens is 1. The van der Waals surface area contributed by atoms with E-state index >= 15 is 0 Å². The summed E-state index contributed by atoms with van der Waals surface area (Å²) in [6.45, 7) is 5.20. The summed E-state index contributed by atoms with van der Waals surface area (Å²) in [5, 5.41) is 3.09. The number of nitrogens with one attached hydrogen (secondary N) is 1. The van der Waals surface area contributed by atoms with Gasteiger partial charge in [0.15, 0.2) is 0 Å². The van der Waals surface area contributed by atoms with Crippen LogP contribution in [0, 0.1) is 11.8 Å². The fourth-order valence-corrected chi connectivity index (χ4v) is 3.81. The van der Waals surface area contributed by atoms with E-state index in [0.29, 0.717) is 16.7 Å². The molecular formula is C15H28BrNO. The molecule has 3 heteroatoms. The van der Waals surface area contributed by atoms with Gasteiger partial charge in [-0.2, -0.15) is 0 Å². The predicted octanol–water partition coefficient (Wildman–Crippen LogP) is 4.27. The van der Waals surface area contributed by atoms with Crippen molar-refractivity contribution in [3.05, 3.63) is 0 Å². The zero-order valence-electron chi connectivity index (χ0n) is 11.9. The van der Waals surface area contributed by atoms with E-state index in [1.54, 1.807) is 0 Å². The second-order valence-electron chi connectivity index (χ2n) is 5.60. The van der Waals surface area contributed by atoms with Gasteiger partial charge in [0.2, 0.25) is 5.91 Å². The fraction of sp³-hybridized carbons (Fsp3) is 0.933. The summed E-state index contributed by atoms with van der Waals surface area (Å²) in [4.78, 5) is 12.3. The van der Waals surface area contributed by atoms with Gasteiger partial charge in [0.25, 0.3) is 0 Å². The van der Waals surface area contributed by atoms with Crippen LogP contribution < -0.4 is 5.32 Å². The predicted molar refractivity (Wildman–Crippen MR) is 81.0 cm³/mol. The standard InChI is InChI=1S/C15H28BrNO/c1-3-13(4-2)14(16)11-17-15(18)10-12-8-6-5-7-9-12/h12-14H,3-11H2,1-2H3,(H,17,18). The molecule has 1 rings (SSSR count). The Hall–Kier alpha value is -0.0500. The van der Waals surface area contributed by atoms with Gasteiger partial charge in [-0.05, 0) is 24.7 Å². The lowest BCUT2D eigenvalue weighted by molar-refractivity contribution is -0.122. The van der Waals surface area contributed by atoms with Crippen molar-refractivity contribution in [1.29, 1.82) is 0 Å². The van der Waals surface area contributed by atoms with Gasteiger partial charge in [-0.25, -0.2) is 0 Å². The maximum atomic E-state index is 11.9. The molecule has 1 fully saturated rings. The Labute approximate surface area is 120 Å². The number of hydrogen-bond acceptors (Lipinski definition) is 1. The second kappa shape index (κ2) is 8.95. The van der Waals surface area contributed by atoms with E-state index < -0.39 is 0 Å². The van der Waals surface area contributed by atoms with Crippen molar-refractivity contribution in [1.82, 2.24) is 5.32 Å². The van der Waals surface area contributed by atoms with Gasteiger partial charge in [0, 0.05) is 17.8 Å². The van der Waals surface area contributed by atoms with Crippen LogP contribution in [-0.2, 0) is 4.79 Å². The Morgan fingerprint density at radius 1 is 1.22 bits per heavy atom. The molecule has 1 saturated carbocycles. The Morgan fingerprint density at radius 3 is 2.39 bits per heavy atom. The average Bonchev–Trinajstić information content (AvgIpc) is 2.39. The minimum atomic E-state index is 0.248. The summed E-state index contributed by atoms with van der Waals surface area (Å²) in [6.07, 6.45) is 9.56. The molecule has 0 radical (unpaired) electrons. The number of rotatable bonds is 7. The van der Waals surface area contributed by atoms with Crippen molar-refractivity contribution >= 4 is 21.8 Å². The molecule has 0 spiro atoms. The van der Waals surface area contributed by atoms with Crippen LogP contribution in [0.25, 0.3) is 0 Å². The van der Waals surface area contributed by atoms with E-state index in [1.807, 2.05) is 0 Å². The molecule has 1 amide bonds. The highest BCUT2D eigenvalue weighted by Gasteiger charge is 2.19. The molecule has 1 aliphatic carbocycles. The minimum Gasteiger partial charge on any atom is -0.355 e. The highest BCUT2D eigenvalue weighted by Crippen LogP contribution is 2.26. The number of alkyl halides is 1. The summed E-state index contributed by atoms with van der Waals surface area (Å²) in [7, 11) is 0. The lowest BCUT2D eigenvalue weighted by atomic mass is 9.87. The van der Waals surface area contributed by atoms with Crippen molar-refractivity contribution in [3.8, 4) is 0 Å². The number of hydrogen-bond donors (Lipinski definition) is 1. The van der Waals surface area contributed by atoms with E-state index in [-0.39, 0.29) is 5.91 Å². The van der Waals surface area contributed by atoms with Crippen molar-refractivity contribution in [2.45, 2.75) is 70.0 Å². The lowest BCUT2D eigenvalue weighted by Crippen LogP contribution is -2.34. The van der Waals surface area contributed by atoms with E-state index in [2.05, 4.69) is 35.1 Å². The molecule has 0 aliphatic heterocycles. The normalized spacial score (nSPS) is 18.9. The highest BCUT2D eigenvalue weighted by molar-refractivity contribution is 9.09. The van der Waals surface area contributed by atoms with E-state index in [1.165, 1.54) is 44.9 Å². The molecule has 0 aromatic rings. The quantitative estimate of drug-likeness (QED) is 0.698. The monoisotopic (exact) mass is 317 g/mol. The van der Waals surface area contributed by atoms with Gasteiger partial charge in [0.1, 0.15) is 0 Å². The van der Waals surface area contributed by atoms with Crippen molar-refractivity contribution < 1.29 is 4.79 Å². The van der Waals surface area contributed by atoms with Crippen LogP contribution in [0.3, 0.4) is 0 Å². The summed E-state index contributed by atoms with van der Waals surface area (Å²) in [6, 6.07) is 0. The third-order valence-corrected chi connectivity index (χ3v) is 5.32. The first-order valence-corrected chi connectivity index (χ1v) is 8.49. The molecule has 0 aromatic carbocycles. The molecule has 1 atom stereocenters. The Balaban J connectivity index is 2.19. The van der Waals surface area contributed by atoms with Crippen LogP contribution >= 0.6 is 15.9 Å². The molecule has 1 N–H and O–H groups in total. The van der Waals surface area contributed by atoms with Gasteiger partial charge in [-0.3, -0.25) is 4.79 Å². The number of carbonyl (C=O) groups is 1. The minimum absolute atomic E-state index is 0.248. The van der Waals surface area contributed by atoms with Crippen LogP contribution in [0.4, 0.5) is 0 Å². The average molecular weight is 318 g/mol. The first kappa shape index (κ1) is 16.0. The number of amides is 1. The topological polar surface area (TPSA) is 29.1 Å². The summed E-state index contributed by atoms with van der Waals surface area (Å²) >= 11 is 3.70. The first-order valence-electron chi connectivity index (χ1n) is 7.58. The molecule has 1 unspecified atom stereocenters. The largest absolute Gasteiger partial charge is 0.355 e. The summed E-state index contributed by atoms with van der Waals surface area (Å²) in [5.74, 6) is 1.55. The van der Waals surface area contributed by atoms with Crippen LogP contribution in [0.15, 0.2) is 0 Å². The van der Waals surface area contributed by atoms with Gasteiger partial charge >= 0.3 is 0 Å². The van der Waals surface area contributed by atoms with Crippen LogP contribution in [0.5, 0.6) is 0 Å². The first-order chi connectivity index (χ1) is 8.67. The Bertz CT molecular complexity index is 235. The van der Waals surface area contributed by atoms with Crippen LogP contribution in [0.2, 0.25) is 0 Å². The van der Waals surface area contributed by atoms with Gasteiger partial charge in [-0.15, -0.1) is 0 Å². The van der Waals surface area contributed by atoms with Crippen LogP contribution in [0.1, 0.15) is 65.2 Å². The van der Waals surface area contributed by atoms with Gasteiger partial charge < -0.3 is 5.32 Å². The molecule has 0 bridgehead atoms. The second-order valence-corrected chi connectivity index (χ2v) is 6.78. The maximum Gasteiger partial charge on any atom is 0.220 e. The molecule has 0 saturated heterocycles. The molecule has 1 aliphatic rings. The van der Waals surface area contributed by atoms with Crippen LogP contribution in [-0.4, -0.2) is 17.3 Å². The molecule has 106 valence electrons. The van der Waals surface area contributed by atoms with Crippen molar-refractivity contribution in [2.75, 3.05) is 6.54 Å². The zero-order chi connectivity index (χ0) is 13.4. The fourth-order valence-electron chi connectivity index (χ4n) is 2.90. The van der Waals surface area contributed by atoms with Crippen molar-refractivity contribution in [3.63, 3.8) is 0 Å². The third kappa shape index (κ3) is 5.73. The summed E-state index contributed by atoms with van der Waals surface area (Å²) < 4.78 is 0. The smallest absolute Gasteiger partial charge is 0.220 e. The Kier molecular flexibility index (Phi) is 7.96. The molecule has 0 heterocycles. The van der Waals surface area contributed by atoms with E-state index in [4.69, 9.17) is 0 Å². The van der Waals surface area contributed by atoms with E-state index in [0.717, 1.165) is 13.0 Å². The molecule has 0 aromatic heterocycles. The van der Waals surface area contributed by atoms with E-state index in [9.17, 15) is 4.79 Å². The summed E-state index contributed by atoms with van der Waals surface area (Å²) in [5.41, 5.74) is 0. The highest BCUT2D eigenvalue weighted by atomic mass is 79.9. The van der Waals surface area contributed by atoms with Gasteiger partial charge in [-0.1, -0.05) is 61.9 Å². The molecule has 18 heavy (non-hydrogen) atoms. The zero-order valence-corrected chi connectivity index (χ0v) is 13.5. The third-order valence-electron chi connectivity index (χ3n) is 4.25. The molecule has 2 nitrogen and oxygen atoms in total. The lowest BCUT2D eigenvalue weighted by Gasteiger charge is -2.23. The molecular weight excluding hydrogens is 290 g/mol. The SMILES string of the molecule is CCC(CC)C(Br)CNC(=O)CC1CCCCC1. The van der Waals surface area contributed by atoms with Gasteiger partial charge in [0.05, 0.1) is 0 Å². The Morgan fingerprint density at radius 2 is 1.83 bits per heavy atom. The number of carbonyl (C=O) groups excluding carboxylic acids is 1. The maximum absolute atomic E-state index is 11.9. The van der Waals surface area contributed by atoms with Crippen molar-refractivity contribution in [2.24, 2.45) is 11.8 Å².